The van der Waals surface area contributed by atoms with E-state index in [9.17, 15) is 4.79 Å². The lowest BCUT2D eigenvalue weighted by atomic mass is 9.98. The van der Waals surface area contributed by atoms with Crippen LogP contribution in [0.5, 0.6) is 0 Å². The summed E-state index contributed by atoms with van der Waals surface area (Å²) in [4.78, 5) is 14.8. The van der Waals surface area contributed by atoms with Crippen molar-refractivity contribution in [1.29, 1.82) is 0 Å². The van der Waals surface area contributed by atoms with Crippen LogP contribution in [0.25, 0.3) is 0 Å². The smallest absolute Gasteiger partial charge is 0.241 e. The Kier molecular flexibility index (Phi) is 4.88. The molecule has 3 heteroatoms. The van der Waals surface area contributed by atoms with Gasteiger partial charge in [0.25, 0.3) is 0 Å². The SMILES string of the molecule is CCC(C)C1NC(C)N(C2CCCC(C)CC2)C1=O. The second-order valence-electron chi connectivity index (χ2n) is 6.72. The first-order valence-corrected chi connectivity index (χ1v) is 8.12. The van der Waals surface area contributed by atoms with Crippen LogP contribution < -0.4 is 5.32 Å². The minimum Gasteiger partial charge on any atom is -0.323 e. The molecule has 19 heavy (non-hydrogen) atoms. The van der Waals surface area contributed by atoms with Crippen molar-refractivity contribution in [2.24, 2.45) is 11.8 Å². The highest BCUT2D eigenvalue weighted by Gasteiger charge is 2.42. The van der Waals surface area contributed by atoms with E-state index in [1.54, 1.807) is 0 Å². The molecular formula is C16H30N2O. The molecule has 2 fully saturated rings. The first kappa shape index (κ1) is 14.8. The predicted molar refractivity (Wildman–Crippen MR) is 78.7 cm³/mol. The van der Waals surface area contributed by atoms with Crippen LogP contribution in [0.4, 0.5) is 0 Å². The maximum absolute atomic E-state index is 12.7. The molecule has 0 aromatic carbocycles. The van der Waals surface area contributed by atoms with Crippen LogP contribution in [0.1, 0.15) is 66.2 Å². The number of carbonyl (C=O) groups is 1. The Morgan fingerprint density at radius 3 is 2.68 bits per heavy atom. The van der Waals surface area contributed by atoms with Crippen molar-refractivity contribution in [2.75, 3.05) is 0 Å². The molecule has 1 amide bonds. The fourth-order valence-corrected chi connectivity index (χ4v) is 3.65. The quantitative estimate of drug-likeness (QED) is 0.796. The zero-order valence-corrected chi connectivity index (χ0v) is 13.0. The molecule has 1 saturated carbocycles. The molecule has 1 heterocycles. The third kappa shape index (κ3) is 3.13. The molecule has 1 aliphatic heterocycles. The number of nitrogens with zero attached hydrogens (tertiary/aromatic N) is 1. The summed E-state index contributed by atoms with van der Waals surface area (Å²) in [5, 5.41) is 3.51. The van der Waals surface area contributed by atoms with E-state index in [2.05, 4.69) is 37.9 Å². The molecule has 1 N–H and O–H groups in total. The average molecular weight is 266 g/mol. The van der Waals surface area contributed by atoms with Gasteiger partial charge in [-0.05, 0) is 38.0 Å². The minimum atomic E-state index is 0.0423. The van der Waals surface area contributed by atoms with Gasteiger partial charge in [0.05, 0.1) is 12.2 Å². The molecule has 2 aliphatic rings. The van der Waals surface area contributed by atoms with Crippen LogP contribution in [-0.4, -0.2) is 29.1 Å². The highest BCUT2D eigenvalue weighted by atomic mass is 16.2. The van der Waals surface area contributed by atoms with Crippen molar-refractivity contribution in [3.05, 3.63) is 0 Å². The van der Waals surface area contributed by atoms with Crippen molar-refractivity contribution in [2.45, 2.75) is 84.5 Å². The van der Waals surface area contributed by atoms with Crippen LogP contribution in [0.15, 0.2) is 0 Å². The van der Waals surface area contributed by atoms with E-state index < -0.39 is 0 Å². The highest BCUT2D eigenvalue weighted by molar-refractivity contribution is 5.84. The number of hydrogen-bond donors (Lipinski definition) is 1. The van der Waals surface area contributed by atoms with Crippen molar-refractivity contribution in [3.8, 4) is 0 Å². The van der Waals surface area contributed by atoms with Gasteiger partial charge in [-0.2, -0.15) is 0 Å². The fraction of sp³-hybridized carbons (Fsp3) is 0.938. The van der Waals surface area contributed by atoms with Crippen molar-refractivity contribution in [3.63, 3.8) is 0 Å². The number of amides is 1. The summed E-state index contributed by atoms with van der Waals surface area (Å²) >= 11 is 0. The van der Waals surface area contributed by atoms with Crippen LogP contribution in [0.3, 0.4) is 0 Å². The minimum absolute atomic E-state index is 0.0423. The van der Waals surface area contributed by atoms with E-state index in [-0.39, 0.29) is 12.2 Å². The Balaban J connectivity index is 2.05. The van der Waals surface area contributed by atoms with Gasteiger partial charge in [0, 0.05) is 6.04 Å². The molecule has 0 aromatic heterocycles. The zero-order valence-electron chi connectivity index (χ0n) is 13.0. The Bertz CT molecular complexity index is 318. The van der Waals surface area contributed by atoms with E-state index in [4.69, 9.17) is 0 Å². The molecule has 2 rings (SSSR count). The third-order valence-electron chi connectivity index (χ3n) is 5.19. The largest absolute Gasteiger partial charge is 0.323 e. The molecular weight excluding hydrogens is 236 g/mol. The number of hydrogen-bond acceptors (Lipinski definition) is 2. The molecule has 1 saturated heterocycles. The lowest BCUT2D eigenvalue weighted by Crippen LogP contribution is -2.43. The van der Waals surface area contributed by atoms with Gasteiger partial charge < -0.3 is 4.90 Å². The van der Waals surface area contributed by atoms with Crippen LogP contribution in [0, 0.1) is 11.8 Å². The molecule has 0 aromatic rings. The maximum atomic E-state index is 12.7. The Labute approximate surface area is 118 Å². The van der Waals surface area contributed by atoms with Crippen LogP contribution in [0.2, 0.25) is 0 Å². The second kappa shape index (κ2) is 6.25. The lowest BCUT2D eigenvalue weighted by Gasteiger charge is -2.30. The van der Waals surface area contributed by atoms with Gasteiger partial charge in [-0.1, -0.05) is 40.0 Å². The van der Waals surface area contributed by atoms with Gasteiger partial charge in [0.2, 0.25) is 5.91 Å². The average Bonchev–Trinajstić information content (AvgIpc) is 2.55. The summed E-state index contributed by atoms with van der Waals surface area (Å²) in [6.07, 6.45) is 7.53. The maximum Gasteiger partial charge on any atom is 0.241 e. The molecule has 110 valence electrons. The summed E-state index contributed by atoms with van der Waals surface area (Å²) in [5.74, 6) is 1.61. The highest BCUT2D eigenvalue weighted by Crippen LogP contribution is 2.30. The van der Waals surface area contributed by atoms with Gasteiger partial charge in [-0.15, -0.1) is 0 Å². The fourth-order valence-electron chi connectivity index (χ4n) is 3.65. The van der Waals surface area contributed by atoms with Crippen molar-refractivity contribution >= 4 is 5.91 Å². The molecule has 3 nitrogen and oxygen atoms in total. The second-order valence-corrected chi connectivity index (χ2v) is 6.72. The Morgan fingerprint density at radius 2 is 2.00 bits per heavy atom. The third-order valence-corrected chi connectivity index (χ3v) is 5.19. The molecule has 1 aliphatic carbocycles. The van der Waals surface area contributed by atoms with Gasteiger partial charge in [-0.25, -0.2) is 0 Å². The molecule has 0 radical (unpaired) electrons. The van der Waals surface area contributed by atoms with Gasteiger partial charge in [-0.3, -0.25) is 10.1 Å². The van der Waals surface area contributed by atoms with Crippen molar-refractivity contribution < 1.29 is 4.79 Å². The van der Waals surface area contributed by atoms with Gasteiger partial charge in [0.1, 0.15) is 0 Å². The van der Waals surface area contributed by atoms with E-state index in [0.717, 1.165) is 12.3 Å². The van der Waals surface area contributed by atoms with Gasteiger partial charge in [0.15, 0.2) is 0 Å². The first-order chi connectivity index (χ1) is 9.04. The summed E-state index contributed by atoms with van der Waals surface area (Å²) in [6.45, 7) is 8.84. The lowest BCUT2D eigenvalue weighted by molar-refractivity contribution is -0.133. The molecule has 0 bridgehead atoms. The Morgan fingerprint density at radius 1 is 1.26 bits per heavy atom. The van der Waals surface area contributed by atoms with Crippen LogP contribution >= 0.6 is 0 Å². The molecule has 5 unspecified atom stereocenters. The zero-order chi connectivity index (χ0) is 14.0. The summed E-state index contributed by atoms with van der Waals surface area (Å²) in [7, 11) is 0. The molecule has 5 atom stereocenters. The topological polar surface area (TPSA) is 32.3 Å². The summed E-state index contributed by atoms with van der Waals surface area (Å²) in [5.41, 5.74) is 0. The summed E-state index contributed by atoms with van der Waals surface area (Å²) < 4.78 is 0. The molecule has 0 spiro atoms. The van der Waals surface area contributed by atoms with E-state index in [0.29, 0.717) is 17.9 Å². The van der Waals surface area contributed by atoms with Crippen LogP contribution in [-0.2, 0) is 4.79 Å². The van der Waals surface area contributed by atoms with Gasteiger partial charge >= 0.3 is 0 Å². The van der Waals surface area contributed by atoms with E-state index >= 15 is 0 Å². The predicted octanol–water partition coefficient (Wildman–Crippen LogP) is 3.15. The number of carbonyl (C=O) groups excluding carboxylic acids is 1. The van der Waals surface area contributed by atoms with E-state index in [1.807, 2.05) is 0 Å². The normalized spacial score (nSPS) is 38.3. The first-order valence-electron chi connectivity index (χ1n) is 8.12. The van der Waals surface area contributed by atoms with Crippen molar-refractivity contribution in [1.82, 2.24) is 10.2 Å². The monoisotopic (exact) mass is 266 g/mol. The number of rotatable bonds is 3. The standard InChI is InChI=1S/C16H30N2O/c1-5-12(3)15-16(19)18(13(4)17-15)14-8-6-7-11(2)9-10-14/h11-15,17H,5-10H2,1-4H3. The Hall–Kier alpha value is -0.570. The number of nitrogens with one attached hydrogen (secondary N) is 1. The van der Waals surface area contributed by atoms with E-state index in [1.165, 1.54) is 32.1 Å². The summed E-state index contributed by atoms with van der Waals surface area (Å²) in [6, 6.07) is 0.509.